The molecule has 0 unspecified atom stereocenters. The Morgan fingerprint density at radius 2 is 0.712 bits per heavy atom. The van der Waals surface area contributed by atoms with Gasteiger partial charge in [0.1, 0.15) is 0 Å². The van der Waals surface area contributed by atoms with Crippen LogP contribution in [0.4, 0.5) is 0 Å². The Morgan fingerprint density at radius 3 is 1.33 bits per heavy atom. The van der Waals surface area contributed by atoms with Crippen LogP contribution in [0.2, 0.25) is 0 Å². The maximum Gasteiger partial charge on any atom is 0.160 e. The molecule has 3 nitrogen and oxygen atoms in total. The van der Waals surface area contributed by atoms with Crippen LogP contribution in [0.15, 0.2) is 237 Å². The molecule has 0 radical (unpaired) electrons. The van der Waals surface area contributed by atoms with Gasteiger partial charge in [0.2, 0.25) is 0 Å². The smallest absolute Gasteiger partial charge is 0.160 e. The van der Waals surface area contributed by atoms with Crippen molar-refractivity contribution in [3.63, 3.8) is 0 Å². The molecule has 1 aliphatic carbocycles. The van der Waals surface area contributed by atoms with Crippen LogP contribution in [0.1, 0.15) is 0 Å². The van der Waals surface area contributed by atoms with Crippen molar-refractivity contribution < 1.29 is 0 Å². The van der Waals surface area contributed by atoms with Crippen molar-refractivity contribution in [1.29, 1.82) is 0 Å². The standard InChI is InChI=1S/C63H39N3/c1-4-15-42(16-5-1)56-37-57(66-63(65-56)46-33-29-41(30-34-46)55-39-64-38-47-21-10-11-22-48(47)55)43-31-27-40(28-32-43)49-35-36-54-60-50(49)25-14-26-53(60)61-58(44-17-6-2-7-18-44)51-23-12-13-24-52(51)59(62(54)61)45-19-8-3-9-20-45/h1-39H. The summed E-state index contributed by atoms with van der Waals surface area (Å²) in [5.41, 5.74) is 19.5. The Balaban J connectivity index is 0.927. The molecule has 2 aromatic heterocycles. The molecular formula is C63H39N3. The topological polar surface area (TPSA) is 38.7 Å². The molecule has 1 aliphatic rings. The lowest BCUT2D eigenvalue weighted by atomic mass is 9.82. The Morgan fingerprint density at radius 1 is 0.258 bits per heavy atom. The number of benzene rings is 10. The van der Waals surface area contributed by atoms with Gasteiger partial charge < -0.3 is 0 Å². The SMILES string of the molecule is c1ccc(-c2cc(-c3ccc(-c4ccc5c6c(cccc46)-c4c-5c(-c5ccccc5)c5ccccc5c4-c4ccccc4)cc3)nc(-c3ccc(-c4cncc5ccccc45)cc3)n2)cc1. The van der Waals surface area contributed by atoms with Crippen molar-refractivity contribution in [2.75, 3.05) is 0 Å². The average molecular weight is 838 g/mol. The van der Waals surface area contributed by atoms with Crippen LogP contribution in [0.25, 0.3) is 133 Å². The highest BCUT2D eigenvalue weighted by Crippen LogP contribution is 2.58. The predicted molar refractivity (Wildman–Crippen MR) is 275 cm³/mol. The first-order valence-electron chi connectivity index (χ1n) is 22.5. The Bertz CT molecular complexity index is 3730. The van der Waals surface area contributed by atoms with E-state index in [9.17, 15) is 0 Å². The second-order valence-corrected chi connectivity index (χ2v) is 17.1. The Kier molecular flexibility index (Phi) is 8.85. The minimum atomic E-state index is 0.683. The van der Waals surface area contributed by atoms with Crippen LogP contribution < -0.4 is 0 Å². The first-order chi connectivity index (χ1) is 32.7. The number of aromatic nitrogens is 3. The predicted octanol–water partition coefficient (Wildman–Crippen LogP) is 16.6. The maximum atomic E-state index is 5.22. The van der Waals surface area contributed by atoms with Crippen molar-refractivity contribution in [3.8, 4) is 101 Å². The van der Waals surface area contributed by atoms with Gasteiger partial charge >= 0.3 is 0 Å². The van der Waals surface area contributed by atoms with Gasteiger partial charge in [0.05, 0.1) is 11.4 Å². The summed E-state index contributed by atoms with van der Waals surface area (Å²) in [5, 5.41) is 7.38. The van der Waals surface area contributed by atoms with Crippen molar-refractivity contribution in [1.82, 2.24) is 15.0 Å². The Labute approximate surface area is 383 Å². The van der Waals surface area contributed by atoms with Gasteiger partial charge in [0.15, 0.2) is 5.82 Å². The Hall–Kier alpha value is -8.79. The van der Waals surface area contributed by atoms with E-state index in [-0.39, 0.29) is 0 Å². The summed E-state index contributed by atoms with van der Waals surface area (Å²) in [6, 6.07) is 80.6. The highest BCUT2D eigenvalue weighted by Gasteiger charge is 2.31. The molecule has 10 aromatic carbocycles. The number of hydrogen-bond donors (Lipinski definition) is 0. The van der Waals surface area contributed by atoms with E-state index in [2.05, 4.69) is 223 Å². The highest BCUT2D eigenvalue weighted by molar-refractivity contribution is 6.28. The summed E-state index contributed by atoms with van der Waals surface area (Å²) in [6.07, 6.45) is 3.86. The summed E-state index contributed by atoms with van der Waals surface area (Å²) in [6.45, 7) is 0. The molecule has 0 spiro atoms. The van der Waals surface area contributed by atoms with E-state index in [0.717, 1.165) is 50.2 Å². The minimum Gasteiger partial charge on any atom is -0.263 e. The molecule has 0 bridgehead atoms. The molecule has 0 aliphatic heterocycles. The first kappa shape index (κ1) is 37.7. The molecule has 66 heavy (non-hydrogen) atoms. The van der Waals surface area contributed by atoms with Crippen LogP contribution in [0.5, 0.6) is 0 Å². The van der Waals surface area contributed by atoms with Crippen LogP contribution in [0, 0.1) is 0 Å². The lowest BCUT2D eigenvalue weighted by Gasteiger charge is -2.20. The number of nitrogens with zero attached hydrogens (tertiary/aromatic N) is 3. The van der Waals surface area contributed by atoms with Crippen LogP contribution >= 0.6 is 0 Å². The maximum absolute atomic E-state index is 5.22. The summed E-state index contributed by atoms with van der Waals surface area (Å²) >= 11 is 0. The van der Waals surface area contributed by atoms with Crippen LogP contribution in [-0.2, 0) is 0 Å². The van der Waals surface area contributed by atoms with E-state index in [1.807, 2.05) is 18.5 Å². The third-order valence-electron chi connectivity index (χ3n) is 13.3. The normalized spacial score (nSPS) is 11.6. The van der Waals surface area contributed by atoms with E-state index < -0.39 is 0 Å². The molecule has 13 rings (SSSR count). The van der Waals surface area contributed by atoms with Crippen molar-refractivity contribution in [2.24, 2.45) is 0 Å². The highest BCUT2D eigenvalue weighted by atomic mass is 14.9. The van der Waals surface area contributed by atoms with Gasteiger partial charge in [-0.25, -0.2) is 9.97 Å². The molecule has 3 heteroatoms. The van der Waals surface area contributed by atoms with E-state index in [0.29, 0.717) is 5.82 Å². The van der Waals surface area contributed by atoms with Crippen molar-refractivity contribution >= 4 is 32.3 Å². The van der Waals surface area contributed by atoms with Crippen molar-refractivity contribution in [2.45, 2.75) is 0 Å². The largest absolute Gasteiger partial charge is 0.263 e. The molecule has 12 aromatic rings. The minimum absolute atomic E-state index is 0.683. The third-order valence-corrected chi connectivity index (χ3v) is 13.3. The fourth-order valence-electron chi connectivity index (χ4n) is 10.3. The number of fused-ring (bicyclic) bond motifs is 5. The average Bonchev–Trinajstić information content (AvgIpc) is 3.73. The molecule has 0 saturated heterocycles. The zero-order chi connectivity index (χ0) is 43.6. The molecule has 0 atom stereocenters. The quantitative estimate of drug-likeness (QED) is 0.160. The van der Waals surface area contributed by atoms with Gasteiger partial charge in [-0.3, -0.25) is 4.98 Å². The molecule has 0 fully saturated rings. The lowest BCUT2D eigenvalue weighted by molar-refractivity contribution is 1.18. The summed E-state index contributed by atoms with van der Waals surface area (Å²) in [4.78, 5) is 14.9. The number of pyridine rings is 1. The summed E-state index contributed by atoms with van der Waals surface area (Å²) < 4.78 is 0. The number of rotatable bonds is 7. The number of hydrogen-bond acceptors (Lipinski definition) is 3. The van der Waals surface area contributed by atoms with E-state index in [1.165, 1.54) is 77.0 Å². The molecule has 2 heterocycles. The molecular weight excluding hydrogens is 799 g/mol. The zero-order valence-electron chi connectivity index (χ0n) is 35.9. The molecule has 0 N–H and O–H groups in total. The van der Waals surface area contributed by atoms with E-state index in [4.69, 9.17) is 9.97 Å². The zero-order valence-corrected chi connectivity index (χ0v) is 35.9. The van der Waals surface area contributed by atoms with Crippen molar-refractivity contribution in [3.05, 3.63) is 237 Å². The molecule has 306 valence electrons. The molecule has 0 saturated carbocycles. The van der Waals surface area contributed by atoms with Crippen LogP contribution in [0.3, 0.4) is 0 Å². The van der Waals surface area contributed by atoms with Gasteiger partial charge in [-0.2, -0.15) is 0 Å². The van der Waals surface area contributed by atoms with Gasteiger partial charge in [-0.1, -0.05) is 218 Å². The summed E-state index contributed by atoms with van der Waals surface area (Å²) in [5.74, 6) is 0.683. The van der Waals surface area contributed by atoms with Gasteiger partial charge in [-0.05, 0) is 94.2 Å². The van der Waals surface area contributed by atoms with Gasteiger partial charge in [0.25, 0.3) is 0 Å². The van der Waals surface area contributed by atoms with Gasteiger partial charge in [-0.15, -0.1) is 0 Å². The third kappa shape index (κ3) is 6.17. The van der Waals surface area contributed by atoms with Crippen LogP contribution in [-0.4, -0.2) is 15.0 Å². The fourth-order valence-corrected chi connectivity index (χ4v) is 10.3. The molecule has 0 amide bonds. The van der Waals surface area contributed by atoms with E-state index >= 15 is 0 Å². The monoisotopic (exact) mass is 837 g/mol. The lowest BCUT2D eigenvalue weighted by Crippen LogP contribution is -1.96. The van der Waals surface area contributed by atoms with Gasteiger partial charge in [0, 0.05) is 40.0 Å². The summed E-state index contributed by atoms with van der Waals surface area (Å²) in [7, 11) is 0. The first-order valence-corrected chi connectivity index (χ1v) is 22.5. The van der Waals surface area contributed by atoms with E-state index in [1.54, 1.807) is 0 Å². The second-order valence-electron chi connectivity index (χ2n) is 17.1. The fraction of sp³-hybridized carbons (Fsp3) is 0. The second kappa shape index (κ2) is 15.5.